The quantitative estimate of drug-likeness (QED) is 0.293. The zero-order chi connectivity index (χ0) is 9.83. The first kappa shape index (κ1) is 11.4. The van der Waals surface area contributed by atoms with Crippen LogP contribution in [0.4, 0.5) is 0 Å². The summed E-state index contributed by atoms with van der Waals surface area (Å²) in [6, 6.07) is 0. The van der Waals surface area contributed by atoms with Crippen LogP contribution in [0.25, 0.3) is 0 Å². The highest BCUT2D eigenvalue weighted by Gasteiger charge is 2.37. The van der Waals surface area contributed by atoms with Gasteiger partial charge < -0.3 is 4.43 Å². The lowest BCUT2D eigenvalue weighted by Gasteiger charge is -2.34. The van der Waals surface area contributed by atoms with Crippen molar-refractivity contribution in [3.63, 3.8) is 0 Å². The number of aldehydes is 1. The van der Waals surface area contributed by atoms with Crippen LogP contribution in [0.2, 0.25) is 18.1 Å². The van der Waals surface area contributed by atoms with Gasteiger partial charge >= 0.3 is 0 Å². The maximum atomic E-state index is 9.99. The molecule has 0 N–H and O–H groups in total. The van der Waals surface area contributed by atoms with E-state index in [4.69, 9.17) is 4.43 Å². The highest BCUT2D eigenvalue weighted by molar-refractivity contribution is 6.74. The Morgan fingerprint density at radius 1 is 1.25 bits per heavy atom. The van der Waals surface area contributed by atoms with Gasteiger partial charge in [0.1, 0.15) is 6.29 Å². The molecule has 0 aromatic rings. The van der Waals surface area contributed by atoms with Gasteiger partial charge in [-0.15, -0.1) is 0 Å². The molecular weight excluding hydrogens is 168 g/mol. The Hall–Kier alpha value is -0.573. The third kappa shape index (κ3) is 3.22. The number of rotatable bonds is 3. The van der Waals surface area contributed by atoms with Gasteiger partial charge in [0, 0.05) is 6.08 Å². The first-order valence-electron chi connectivity index (χ1n) is 4.09. The standard InChI is InChI=1S/C9H18O2Si/c1-9(2,3)12(4,5)11-8-6-7-10/h6-8H,1-5H3/b8-6-. The van der Waals surface area contributed by atoms with E-state index in [-0.39, 0.29) is 5.04 Å². The SMILES string of the molecule is CC(C)(C)[Si](C)(C)O/C=C\C=O. The van der Waals surface area contributed by atoms with Crippen LogP contribution in [0.1, 0.15) is 20.8 Å². The van der Waals surface area contributed by atoms with E-state index < -0.39 is 8.32 Å². The predicted molar refractivity (Wildman–Crippen MR) is 53.5 cm³/mol. The van der Waals surface area contributed by atoms with Gasteiger partial charge in [-0.25, -0.2) is 0 Å². The van der Waals surface area contributed by atoms with Gasteiger partial charge in [0.25, 0.3) is 0 Å². The minimum absolute atomic E-state index is 0.195. The van der Waals surface area contributed by atoms with E-state index in [0.29, 0.717) is 0 Å². The van der Waals surface area contributed by atoms with Crippen LogP contribution in [-0.4, -0.2) is 14.6 Å². The van der Waals surface area contributed by atoms with Gasteiger partial charge in [-0.1, -0.05) is 20.8 Å². The smallest absolute Gasteiger partial charge is 0.249 e. The van der Waals surface area contributed by atoms with Gasteiger partial charge in [-0.3, -0.25) is 4.79 Å². The molecule has 0 radical (unpaired) electrons. The van der Waals surface area contributed by atoms with Crippen LogP contribution < -0.4 is 0 Å². The van der Waals surface area contributed by atoms with Gasteiger partial charge in [0.15, 0.2) is 0 Å². The lowest BCUT2D eigenvalue weighted by Crippen LogP contribution is -2.39. The molecule has 0 rings (SSSR count). The van der Waals surface area contributed by atoms with E-state index in [1.807, 2.05) is 0 Å². The summed E-state index contributed by atoms with van der Waals surface area (Å²) in [5.74, 6) is 0. The monoisotopic (exact) mass is 186 g/mol. The second kappa shape index (κ2) is 3.89. The molecule has 3 heteroatoms. The zero-order valence-corrected chi connectivity index (χ0v) is 9.55. The molecule has 0 amide bonds. The Morgan fingerprint density at radius 2 is 1.75 bits per heavy atom. The molecule has 0 unspecified atom stereocenters. The van der Waals surface area contributed by atoms with Crippen LogP contribution in [0.5, 0.6) is 0 Å². The van der Waals surface area contributed by atoms with Crippen LogP contribution >= 0.6 is 0 Å². The normalized spacial score (nSPS) is 13.4. The summed E-state index contributed by atoms with van der Waals surface area (Å²) in [5, 5.41) is 0.195. The van der Waals surface area contributed by atoms with Crippen molar-refractivity contribution in [2.45, 2.75) is 38.9 Å². The second-order valence-corrected chi connectivity index (χ2v) is 9.10. The van der Waals surface area contributed by atoms with Gasteiger partial charge in [-0.2, -0.15) is 0 Å². The topological polar surface area (TPSA) is 26.3 Å². The predicted octanol–water partition coefficient (Wildman–Crippen LogP) is 2.72. The van der Waals surface area contributed by atoms with Crippen LogP contribution in [0.3, 0.4) is 0 Å². The van der Waals surface area contributed by atoms with Crippen molar-refractivity contribution in [3.05, 3.63) is 12.3 Å². The van der Waals surface area contributed by atoms with E-state index >= 15 is 0 Å². The Morgan fingerprint density at radius 3 is 2.08 bits per heavy atom. The van der Waals surface area contributed by atoms with Crippen molar-refractivity contribution in [2.75, 3.05) is 0 Å². The minimum Gasteiger partial charge on any atom is -0.549 e. The van der Waals surface area contributed by atoms with Crippen molar-refractivity contribution in [1.82, 2.24) is 0 Å². The molecule has 12 heavy (non-hydrogen) atoms. The minimum atomic E-state index is -1.69. The number of carbonyl (C=O) groups excluding carboxylic acids is 1. The molecule has 0 saturated carbocycles. The lowest BCUT2D eigenvalue weighted by atomic mass is 10.2. The number of hydrogen-bond donors (Lipinski definition) is 0. The summed E-state index contributed by atoms with van der Waals surface area (Å²) in [4.78, 5) is 9.99. The molecule has 0 bridgehead atoms. The van der Waals surface area contributed by atoms with Gasteiger partial charge in [-0.05, 0) is 18.1 Å². The summed E-state index contributed by atoms with van der Waals surface area (Å²) in [6.07, 6.45) is 3.62. The first-order chi connectivity index (χ1) is 5.31. The molecule has 0 aromatic carbocycles. The Balaban J connectivity index is 4.23. The van der Waals surface area contributed by atoms with E-state index in [0.717, 1.165) is 6.29 Å². The van der Waals surface area contributed by atoms with Crippen LogP contribution in [0, 0.1) is 0 Å². The van der Waals surface area contributed by atoms with Gasteiger partial charge in [0.05, 0.1) is 6.26 Å². The molecule has 0 aliphatic carbocycles. The van der Waals surface area contributed by atoms with Crippen LogP contribution in [-0.2, 0) is 9.22 Å². The van der Waals surface area contributed by atoms with Crippen molar-refractivity contribution >= 4 is 14.6 Å². The molecule has 0 aliphatic rings. The summed E-state index contributed by atoms with van der Waals surface area (Å²) < 4.78 is 5.56. The van der Waals surface area contributed by atoms with Crippen molar-refractivity contribution in [3.8, 4) is 0 Å². The molecule has 0 fully saturated rings. The molecule has 0 atom stereocenters. The summed E-state index contributed by atoms with van der Waals surface area (Å²) >= 11 is 0. The lowest BCUT2D eigenvalue weighted by molar-refractivity contribution is -0.104. The van der Waals surface area contributed by atoms with E-state index in [2.05, 4.69) is 33.9 Å². The number of carbonyl (C=O) groups is 1. The molecule has 0 saturated heterocycles. The summed E-state index contributed by atoms with van der Waals surface area (Å²) in [6.45, 7) is 10.8. The summed E-state index contributed by atoms with van der Waals surface area (Å²) in [5.41, 5.74) is 0. The number of allylic oxidation sites excluding steroid dienone is 1. The molecule has 0 aliphatic heterocycles. The summed E-state index contributed by atoms with van der Waals surface area (Å²) in [7, 11) is -1.69. The van der Waals surface area contributed by atoms with E-state index in [1.165, 1.54) is 12.3 Å². The van der Waals surface area contributed by atoms with Crippen molar-refractivity contribution in [1.29, 1.82) is 0 Å². The first-order valence-corrected chi connectivity index (χ1v) is 7.00. The molecule has 0 heterocycles. The molecule has 2 nitrogen and oxygen atoms in total. The third-order valence-corrected chi connectivity index (χ3v) is 6.66. The average Bonchev–Trinajstić information content (AvgIpc) is 1.85. The fourth-order valence-electron chi connectivity index (χ4n) is 0.418. The van der Waals surface area contributed by atoms with Gasteiger partial charge in [0.2, 0.25) is 8.32 Å². The second-order valence-electron chi connectivity index (χ2n) is 4.34. The van der Waals surface area contributed by atoms with Crippen LogP contribution in [0.15, 0.2) is 12.3 Å². The largest absolute Gasteiger partial charge is 0.549 e. The highest BCUT2D eigenvalue weighted by atomic mass is 28.4. The average molecular weight is 186 g/mol. The Labute approximate surface area is 75.7 Å². The maximum Gasteiger partial charge on any atom is 0.249 e. The zero-order valence-electron chi connectivity index (χ0n) is 8.55. The van der Waals surface area contributed by atoms with Crippen molar-refractivity contribution in [2.24, 2.45) is 0 Å². The highest BCUT2D eigenvalue weighted by Crippen LogP contribution is 2.36. The molecular formula is C9H18O2Si. The molecule has 70 valence electrons. The molecule has 0 spiro atoms. The number of hydrogen-bond acceptors (Lipinski definition) is 2. The Kier molecular flexibility index (Phi) is 3.71. The van der Waals surface area contributed by atoms with E-state index in [9.17, 15) is 4.79 Å². The fraction of sp³-hybridized carbons (Fsp3) is 0.667. The van der Waals surface area contributed by atoms with E-state index in [1.54, 1.807) is 0 Å². The maximum absolute atomic E-state index is 9.99. The molecule has 0 aromatic heterocycles. The third-order valence-electron chi connectivity index (χ3n) is 2.33. The van der Waals surface area contributed by atoms with Crippen molar-refractivity contribution < 1.29 is 9.22 Å². The Bertz CT molecular complexity index is 177. The fourth-order valence-corrected chi connectivity index (χ4v) is 1.19.